The number of hydrogen-bond acceptors (Lipinski definition) is 4. The first-order valence-electron chi connectivity index (χ1n) is 4.93. The predicted molar refractivity (Wildman–Crippen MR) is 52.4 cm³/mol. The van der Waals surface area contributed by atoms with Crippen LogP contribution in [0.1, 0.15) is 24.7 Å². The van der Waals surface area contributed by atoms with Crippen molar-refractivity contribution < 1.29 is 15.0 Å². The van der Waals surface area contributed by atoms with Crippen molar-refractivity contribution in [2.45, 2.75) is 32.7 Å². The van der Waals surface area contributed by atoms with Gasteiger partial charge in [-0.25, -0.2) is 4.68 Å². The summed E-state index contributed by atoms with van der Waals surface area (Å²) in [7, 11) is 0. The van der Waals surface area contributed by atoms with E-state index in [9.17, 15) is 4.79 Å². The summed E-state index contributed by atoms with van der Waals surface area (Å²) in [6.45, 7) is 2.60. The Bertz CT molecular complexity index is 335. The highest BCUT2D eigenvalue weighted by Gasteiger charge is 2.13. The third-order valence-corrected chi connectivity index (χ3v) is 2.10. The number of aromatic nitrogens is 3. The van der Waals surface area contributed by atoms with Gasteiger partial charge in [-0.2, -0.15) is 0 Å². The van der Waals surface area contributed by atoms with Crippen LogP contribution in [0.15, 0.2) is 0 Å². The zero-order valence-corrected chi connectivity index (χ0v) is 8.68. The molecule has 1 aromatic heterocycles. The molecule has 0 fully saturated rings. The lowest BCUT2D eigenvalue weighted by molar-refractivity contribution is -0.136. The van der Waals surface area contributed by atoms with E-state index in [1.807, 2.05) is 6.92 Å². The summed E-state index contributed by atoms with van der Waals surface area (Å²) in [6, 6.07) is 0. The molecule has 0 saturated heterocycles. The quantitative estimate of drug-likeness (QED) is 0.686. The van der Waals surface area contributed by atoms with Crippen LogP contribution in [0.3, 0.4) is 0 Å². The molecule has 0 aliphatic carbocycles. The molecule has 0 amide bonds. The average Bonchev–Trinajstić information content (AvgIpc) is 2.56. The van der Waals surface area contributed by atoms with E-state index in [2.05, 4.69) is 10.3 Å². The van der Waals surface area contributed by atoms with E-state index in [-0.39, 0.29) is 13.0 Å². The van der Waals surface area contributed by atoms with Crippen molar-refractivity contribution >= 4 is 5.97 Å². The Hall–Kier alpha value is -1.43. The molecule has 0 aliphatic heterocycles. The highest BCUT2D eigenvalue weighted by Crippen LogP contribution is 2.07. The molecule has 1 aromatic rings. The summed E-state index contributed by atoms with van der Waals surface area (Å²) in [5.41, 5.74) is 1.36. The summed E-state index contributed by atoms with van der Waals surface area (Å²) in [5, 5.41) is 25.0. The summed E-state index contributed by atoms with van der Waals surface area (Å²) >= 11 is 0. The van der Waals surface area contributed by atoms with Crippen molar-refractivity contribution in [3.8, 4) is 0 Å². The Morgan fingerprint density at radius 3 is 2.80 bits per heavy atom. The minimum atomic E-state index is -0.904. The van der Waals surface area contributed by atoms with Crippen molar-refractivity contribution in [2.75, 3.05) is 6.61 Å². The smallest absolute Gasteiger partial charge is 0.309 e. The van der Waals surface area contributed by atoms with E-state index in [1.165, 1.54) is 0 Å². The molecule has 15 heavy (non-hydrogen) atoms. The second-order valence-electron chi connectivity index (χ2n) is 3.21. The molecule has 0 atom stereocenters. The summed E-state index contributed by atoms with van der Waals surface area (Å²) in [5.74, 6) is -0.904. The van der Waals surface area contributed by atoms with Crippen molar-refractivity contribution in [3.63, 3.8) is 0 Å². The minimum absolute atomic E-state index is 0.0945. The molecule has 84 valence electrons. The molecule has 0 saturated carbocycles. The van der Waals surface area contributed by atoms with Gasteiger partial charge in [0.15, 0.2) is 0 Å². The van der Waals surface area contributed by atoms with Gasteiger partial charge in [0.1, 0.15) is 0 Å². The minimum Gasteiger partial charge on any atom is -0.481 e. The summed E-state index contributed by atoms with van der Waals surface area (Å²) in [4.78, 5) is 10.5. The number of rotatable bonds is 6. The number of aliphatic carboxylic acids is 1. The normalized spacial score (nSPS) is 10.5. The number of aliphatic hydroxyl groups excluding tert-OH is 1. The fraction of sp³-hybridized carbons (Fsp3) is 0.667. The van der Waals surface area contributed by atoms with Crippen LogP contribution >= 0.6 is 0 Å². The number of nitrogens with zero attached hydrogens (tertiary/aromatic N) is 3. The first kappa shape index (κ1) is 11.6. The molecular weight excluding hydrogens is 198 g/mol. The fourth-order valence-electron chi connectivity index (χ4n) is 1.44. The molecule has 0 unspecified atom stereocenters. The van der Waals surface area contributed by atoms with Crippen molar-refractivity contribution in [1.29, 1.82) is 0 Å². The van der Waals surface area contributed by atoms with Gasteiger partial charge < -0.3 is 10.2 Å². The van der Waals surface area contributed by atoms with Gasteiger partial charge in [-0.15, -0.1) is 5.10 Å². The molecule has 0 spiro atoms. The largest absolute Gasteiger partial charge is 0.481 e. The fourth-order valence-corrected chi connectivity index (χ4v) is 1.44. The molecule has 0 aliphatic rings. The van der Waals surface area contributed by atoms with Crippen LogP contribution < -0.4 is 0 Å². The van der Waals surface area contributed by atoms with Crippen LogP contribution in [-0.4, -0.2) is 37.8 Å². The van der Waals surface area contributed by atoms with Gasteiger partial charge in [0.05, 0.1) is 17.8 Å². The van der Waals surface area contributed by atoms with Crippen molar-refractivity contribution in [2.24, 2.45) is 0 Å². The lowest BCUT2D eigenvalue weighted by Gasteiger charge is -2.03. The Labute approximate surface area is 87.5 Å². The Kier molecular flexibility index (Phi) is 4.23. The van der Waals surface area contributed by atoms with Crippen LogP contribution in [0, 0.1) is 0 Å². The number of carbonyl (C=O) groups is 1. The molecule has 6 nitrogen and oxygen atoms in total. The number of aliphatic hydroxyl groups is 1. The second-order valence-corrected chi connectivity index (χ2v) is 3.21. The number of carboxylic acid groups (broad SMARTS) is 1. The van der Waals surface area contributed by atoms with Gasteiger partial charge in [-0.1, -0.05) is 12.1 Å². The molecular formula is C9H15N3O3. The van der Waals surface area contributed by atoms with Crippen LogP contribution in [0.2, 0.25) is 0 Å². The van der Waals surface area contributed by atoms with E-state index in [4.69, 9.17) is 10.2 Å². The van der Waals surface area contributed by atoms with Gasteiger partial charge in [-0.3, -0.25) is 4.79 Å². The maximum atomic E-state index is 10.5. The highest BCUT2D eigenvalue weighted by atomic mass is 16.4. The highest BCUT2D eigenvalue weighted by molar-refractivity contribution is 5.69. The van der Waals surface area contributed by atoms with Crippen LogP contribution in [-0.2, 0) is 24.2 Å². The van der Waals surface area contributed by atoms with E-state index in [0.29, 0.717) is 25.1 Å². The van der Waals surface area contributed by atoms with Crippen molar-refractivity contribution in [1.82, 2.24) is 15.0 Å². The van der Waals surface area contributed by atoms with Gasteiger partial charge >= 0.3 is 5.97 Å². The van der Waals surface area contributed by atoms with Crippen LogP contribution in [0.4, 0.5) is 0 Å². The topological polar surface area (TPSA) is 88.2 Å². The number of hydrogen-bond donors (Lipinski definition) is 2. The zero-order valence-electron chi connectivity index (χ0n) is 8.68. The Balaban J connectivity index is 2.80. The zero-order chi connectivity index (χ0) is 11.3. The Morgan fingerprint density at radius 2 is 2.27 bits per heavy atom. The lowest BCUT2D eigenvalue weighted by Crippen LogP contribution is -2.08. The third-order valence-electron chi connectivity index (χ3n) is 2.10. The molecule has 0 bridgehead atoms. The molecule has 1 rings (SSSR count). The van der Waals surface area contributed by atoms with E-state index in [0.717, 1.165) is 5.69 Å². The van der Waals surface area contributed by atoms with E-state index < -0.39 is 5.97 Å². The standard InChI is InChI=1S/C9H15N3O3/c1-2-8-7(6-9(14)15)10-11-12(8)4-3-5-13/h13H,2-6H2,1H3,(H,14,15). The monoisotopic (exact) mass is 213 g/mol. The Morgan fingerprint density at radius 1 is 1.53 bits per heavy atom. The SMILES string of the molecule is CCc1c(CC(=O)O)nnn1CCCO. The number of carboxylic acids is 1. The molecule has 2 N–H and O–H groups in total. The summed E-state index contributed by atoms with van der Waals surface area (Å²) in [6.07, 6.45) is 1.20. The van der Waals surface area contributed by atoms with Gasteiger partial charge in [0.25, 0.3) is 0 Å². The molecule has 1 heterocycles. The summed E-state index contributed by atoms with van der Waals surface area (Å²) < 4.78 is 1.66. The maximum Gasteiger partial charge on any atom is 0.309 e. The predicted octanol–water partition coefficient (Wildman–Crippen LogP) is -0.150. The number of aryl methyl sites for hydroxylation is 1. The van der Waals surface area contributed by atoms with Gasteiger partial charge in [0.2, 0.25) is 0 Å². The van der Waals surface area contributed by atoms with Gasteiger partial charge in [0, 0.05) is 13.2 Å². The molecule has 0 aromatic carbocycles. The van der Waals surface area contributed by atoms with Crippen LogP contribution in [0.5, 0.6) is 0 Å². The van der Waals surface area contributed by atoms with Gasteiger partial charge in [-0.05, 0) is 12.8 Å². The second kappa shape index (κ2) is 5.45. The molecule has 0 radical (unpaired) electrons. The average molecular weight is 213 g/mol. The third kappa shape index (κ3) is 3.02. The van der Waals surface area contributed by atoms with Crippen molar-refractivity contribution in [3.05, 3.63) is 11.4 Å². The van der Waals surface area contributed by atoms with E-state index in [1.54, 1.807) is 4.68 Å². The first-order valence-corrected chi connectivity index (χ1v) is 4.93. The molecule has 6 heteroatoms. The maximum absolute atomic E-state index is 10.5. The first-order chi connectivity index (χ1) is 7.19. The lowest BCUT2D eigenvalue weighted by atomic mass is 10.2. The van der Waals surface area contributed by atoms with Crippen LogP contribution in [0.25, 0.3) is 0 Å². The van der Waals surface area contributed by atoms with E-state index >= 15 is 0 Å².